The van der Waals surface area contributed by atoms with E-state index in [1.165, 1.54) is 5.56 Å². The molecule has 0 saturated carbocycles. The standard InChI is InChI=1S/C30H31N5O3S/c1-4-17-38-23-14-10-13-22(18-23)27-26(28(36)32-24-15-8-9-16-25(24)37-3)20(2)31-29-33-30(34-35(27)29)39-19-21-11-6-5-7-12-21/h5-16,18,27H,4,17,19H2,1-3H3,(H,32,36)(H,31,33,34). The van der Waals surface area contributed by atoms with Gasteiger partial charge in [-0.3, -0.25) is 4.79 Å². The maximum absolute atomic E-state index is 13.9. The van der Waals surface area contributed by atoms with E-state index in [1.54, 1.807) is 23.6 Å². The second kappa shape index (κ2) is 12.1. The highest BCUT2D eigenvalue weighted by atomic mass is 32.2. The Kier molecular flexibility index (Phi) is 8.17. The number of carbonyl (C=O) groups excluding carboxylic acids is 1. The van der Waals surface area contributed by atoms with Crippen LogP contribution in [0.3, 0.4) is 0 Å². The molecule has 0 saturated heterocycles. The number of thioether (sulfide) groups is 1. The van der Waals surface area contributed by atoms with Crippen LogP contribution >= 0.6 is 11.8 Å². The number of aromatic nitrogens is 3. The van der Waals surface area contributed by atoms with Crippen LogP contribution in [-0.2, 0) is 10.5 Å². The number of para-hydroxylation sites is 2. The minimum atomic E-state index is -0.514. The van der Waals surface area contributed by atoms with Gasteiger partial charge in [-0.05, 0) is 48.7 Å². The number of nitrogens with one attached hydrogen (secondary N) is 2. The molecule has 9 heteroatoms. The van der Waals surface area contributed by atoms with Crippen molar-refractivity contribution in [3.8, 4) is 11.5 Å². The van der Waals surface area contributed by atoms with Gasteiger partial charge in [0, 0.05) is 11.4 Å². The maximum atomic E-state index is 13.9. The molecule has 1 aromatic heterocycles. The summed E-state index contributed by atoms with van der Waals surface area (Å²) in [4.78, 5) is 18.6. The van der Waals surface area contributed by atoms with Crippen LogP contribution in [0, 0.1) is 0 Å². The topological polar surface area (TPSA) is 90.3 Å². The summed E-state index contributed by atoms with van der Waals surface area (Å²) in [6.07, 6.45) is 0.901. The number of allylic oxidation sites excluding steroid dienone is 1. The summed E-state index contributed by atoms with van der Waals surface area (Å²) in [7, 11) is 1.58. The molecule has 1 amide bonds. The molecule has 4 aromatic rings. The predicted octanol–water partition coefficient (Wildman–Crippen LogP) is 6.30. The SMILES string of the molecule is CCCOc1cccc(C2C(C(=O)Nc3ccccc3OC)=C(C)Nc3nc(SCc4ccccc4)nn32)c1. The Morgan fingerprint density at radius 2 is 1.87 bits per heavy atom. The highest BCUT2D eigenvalue weighted by Gasteiger charge is 2.35. The number of methoxy groups -OCH3 is 1. The van der Waals surface area contributed by atoms with Gasteiger partial charge in [-0.1, -0.05) is 73.3 Å². The van der Waals surface area contributed by atoms with Gasteiger partial charge < -0.3 is 20.1 Å². The Bertz CT molecular complexity index is 1480. The van der Waals surface area contributed by atoms with E-state index in [0.717, 1.165) is 23.5 Å². The first kappa shape index (κ1) is 26.4. The van der Waals surface area contributed by atoms with E-state index >= 15 is 0 Å². The number of carbonyl (C=O) groups is 1. The molecule has 0 fully saturated rings. The van der Waals surface area contributed by atoms with Gasteiger partial charge >= 0.3 is 0 Å². The number of fused-ring (bicyclic) bond motifs is 1. The van der Waals surface area contributed by atoms with Gasteiger partial charge in [-0.15, -0.1) is 5.10 Å². The molecule has 8 nitrogen and oxygen atoms in total. The average molecular weight is 542 g/mol. The van der Waals surface area contributed by atoms with Gasteiger partial charge in [-0.25, -0.2) is 4.68 Å². The summed E-state index contributed by atoms with van der Waals surface area (Å²) >= 11 is 1.55. The first-order valence-corrected chi connectivity index (χ1v) is 13.8. The van der Waals surface area contributed by atoms with Gasteiger partial charge in [-0.2, -0.15) is 4.98 Å². The van der Waals surface area contributed by atoms with Crippen LogP contribution in [0.15, 0.2) is 95.3 Å². The van der Waals surface area contributed by atoms with Crippen molar-refractivity contribution in [3.63, 3.8) is 0 Å². The Labute approximate surface area is 232 Å². The zero-order valence-corrected chi connectivity index (χ0v) is 23.0. The number of nitrogens with zero attached hydrogens (tertiary/aromatic N) is 3. The van der Waals surface area contributed by atoms with Crippen LogP contribution in [0.2, 0.25) is 0 Å². The van der Waals surface area contributed by atoms with E-state index in [1.807, 2.05) is 73.7 Å². The second-order valence-electron chi connectivity index (χ2n) is 9.08. The van der Waals surface area contributed by atoms with E-state index < -0.39 is 6.04 Å². The van der Waals surface area contributed by atoms with Crippen LogP contribution in [0.5, 0.6) is 11.5 Å². The molecule has 0 bridgehead atoms. The maximum Gasteiger partial charge on any atom is 0.255 e. The lowest BCUT2D eigenvalue weighted by molar-refractivity contribution is -0.113. The zero-order valence-electron chi connectivity index (χ0n) is 22.2. The second-order valence-corrected chi connectivity index (χ2v) is 10.0. The summed E-state index contributed by atoms with van der Waals surface area (Å²) < 4.78 is 13.2. The molecule has 1 unspecified atom stereocenters. The summed E-state index contributed by atoms with van der Waals surface area (Å²) in [6.45, 7) is 4.57. The van der Waals surface area contributed by atoms with Gasteiger partial charge in [0.2, 0.25) is 11.1 Å². The van der Waals surface area contributed by atoms with Crippen molar-refractivity contribution in [1.82, 2.24) is 14.8 Å². The van der Waals surface area contributed by atoms with Gasteiger partial charge in [0.15, 0.2) is 0 Å². The highest BCUT2D eigenvalue weighted by Crippen LogP contribution is 2.38. The molecule has 0 radical (unpaired) electrons. The van der Waals surface area contributed by atoms with Gasteiger partial charge in [0.05, 0.1) is 25.0 Å². The van der Waals surface area contributed by atoms with Crippen molar-refractivity contribution >= 4 is 29.3 Å². The third-order valence-corrected chi connectivity index (χ3v) is 7.20. The molecule has 39 heavy (non-hydrogen) atoms. The molecule has 200 valence electrons. The minimum Gasteiger partial charge on any atom is -0.495 e. The van der Waals surface area contributed by atoms with E-state index in [2.05, 4.69) is 29.7 Å². The number of hydrogen-bond acceptors (Lipinski definition) is 7. The van der Waals surface area contributed by atoms with Crippen LogP contribution < -0.4 is 20.1 Å². The fraction of sp³-hybridized carbons (Fsp3) is 0.233. The number of benzene rings is 3. The summed E-state index contributed by atoms with van der Waals surface area (Å²) in [6, 6.07) is 24.9. The smallest absolute Gasteiger partial charge is 0.255 e. The average Bonchev–Trinajstić information content (AvgIpc) is 3.37. The summed E-state index contributed by atoms with van der Waals surface area (Å²) in [5.41, 5.74) is 3.89. The van der Waals surface area contributed by atoms with Crippen molar-refractivity contribution in [2.24, 2.45) is 0 Å². The van der Waals surface area contributed by atoms with Gasteiger partial charge in [0.1, 0.15) is 17.5 Å². The molecule has 1 aliphatic heterocycles. The largest absolute Gasteiger partial charge is 0.495 e. The molecule has 0 spiro atoms. The number of rotatable bonds is 10. The zero-order chi connectivity index (χ0) is 27.2. The van der Waals surface area contributed by atoms with E-state index in [0.29, 0.717) is 40.4 Å². The van der Waals surface area contributed by atoms with Crippen molar-refractivity contribution in [3.05, 3.63) is 101 Å². The Morgan fingerprint density at radius 3 is 2.67 bits per heavy atom. The first-order chi connectivity index (χ1) is 19.1. The Balaban J connectivity index is 1.51. The lowest BCUT2D eigenvalue weighted by atomic mass is 9.94. The molecule has 0 aliphatic carbocycles. The number of anilines is 2. The number of amides is 1. The highest BCUT2D eigenvalue weighted by molar-refractivity contribution is 7.98. The van der Waals surface area contributed by atoms with Crippen LogP contribution in [-0.4, -0.2) is 34.4 Å². The fourth-order valence-electron chi connectivity index (χ4n) is 4.45. The van der Waals surface area contributed by atoms with Crippen molar-refractivity contribution < 1.29 is 14.3 Å². The Hall–Kier alpha value is -4.24. The lowest BCUT2D eigenvalue weighted by Gasteiger charge is -2.29. The quantitative estimate of drug-likeness (QED) is 0.228. The molecule has 5 rings (SSSR count). The fourth-order valence-corrected chi connectivity index (χ4v) is 5.23. The van der Waals surface area contributed by atoms with Gasteiger partial charge in [0.25, 0.3) is 5.91 Å². The first-order valence-electron chi connectivity index (χ1n) is 12.9. The molecule has 1 aliphatic rings. The normalized spacial score (nSPS) is 14.4. The molecule has 3 aromatic carbocycles. The van der Waals surface area contributed by atoms with Crippen molar-refractivity contribution in [2.45, 2.75) is 37.2 Å². The van der Waals surface area contributed by atoms with Crippen molar-refractivity contribution in [2.75, 3.05) is 24.4 Å². The Morgan fingerprint density at radius 1 is 1.08 bits per heavy atom. The van der Waals surface area contributed by atoms with Crippen LogP contribution in [0.1, 0.15) is 37.4 Å². The van der Waals surface area contributed by atoms with Crippen LogP contribution in [0.4, 0.5) is 11.6 Å². The minimum absolute atomic E-state index is 0.256. The number of hydrogen-bond donors (Lipinski definition) is 2. The van der Waals surface area contributed by atoms with Crippen molar-refractivity contribution in [1.29, 1.82) is 0 Å². The molecular weight excluding hydrogens is 510 g/mol. The third kappa shape index (κ3) is 5.93. The molecule has 1 atom stereocenters. The molecular formula is C30H31N5O3S. The monoisotopic (exact) mass is 541 g/mol. The third-order valence-electron chi connectivity index (χ3n) is 6.29. The van der Waals surface area contributed by atoms with E-state index in [4.69, 9.17) is 19.6 Å². The van der Waals surface area contributed by atoms with E-state index in [-0.39, 0.29) is 5.91 Å². The summed E-state index contributed by atoms with van der Waals surface area (Å²) in [5, 5.41) is 11.8. The predicted molar refractivity (Wildman–Crippen MR) is 154 cm³/mol. The lowest BCUT2D eigenvalue weighted by Crippen LogP contribution is -2.31. The van der Waals surface area contributed by atoms with E-state index in [9.17, 15) is 4.79 Å². The summed E-state index contributed by atoms with van der Waals surface area (Å²) in [5.74, 6) is 2.40. The van der Waals surface area contributed by atoms with Crippen LogP contribution in [0.25, 0.3) is 0 Å². The molecule has 2 heterocycles. The molecule has 2 N–H and O–H groups in total. The number of ether oxygens (including phenoxy) is 2.